The van der Waals surface area contributed by atoms with Gasteiger partial charge in [-0.25, -0.2) is 0 Å². The number of nitrogens with one attached hydrogen (secondary N) is 1. The van der Waals surface area contributed by atoms with Crippen LogP contribution in [-0.4, -0.2) is 29.2 Å². The molecule has 9 heteroatoms. The van der Waals surface area contributed by atoms with E-state index in [1.165, 1.54) is 12.1 Å². The van der Waals surface area contributed by atoms with Gasteiger partial charge in [0.2, 0.25) is 24.3 Å². The molecule has 2 bridgehead atoms. The molecule has 142 valence electrons. The third-order valence-electron chi connectivity index (χ3n) is 6.86. The highest BCUT2D eigenvalue weighted by Gasteiger charge is 2.77. The number of Topliss-reactive ketones (excluding diaryl/α,β-unsaturated/α-hetero) is 2. The van der Waals surface area contributed by atoms with Crippen molar-refractivity contribution >= 4 is 28.8 Å². The maximum Gasteiger partial charge on any atom is 0.296 e. The van der Waals surface area contributed by atoms with E-state index >= 15 is 0 Å². The minimum Gasteiger partial charge on any atom is -0.454 e. The first-order valence-electron chi connectivity index (χ1n) is 8.55. The van der Waals surface area contributed by atoms with Gasteiger partial charge in [-0.05, 0) is 18.3 Å². The van der Waals surface area contributed by atoms with Crippen molar-refractivity contribution in [2.45, 2.75) is 33.6 Å². The molecule has 2 fully saturated rings. The summed E-state index contributed by atoms with van der Waals surface area (Å²) in [5.41, 5.74) is -3.83. The molecule has 4 rings (SSSR count). The van der Waals surface area contributed by atoms with Crippen molar-refractivity contribution in [3.05, 3.63) is 22.2 Å². The number of ether oxygens (including phenoxy) is 2. The number of hydrogen-bond acceptors (Lipinski definition) is 7. The summed E-state index contributed by atoms with van der Waals surface area (Å²) in [7, 11) is 0. The van der Waals surface area contributed by atoms with Crippen molar-refractivity contribution in [1.82, 2.24) is 0 Å². The molecule has 0 spiro atoms. The van der Waals surface area contributed by atoms with Crippen LogP contribution in [-0.2, 0) is 14.4 Å². The largest absolute Gasteiger partial charge is 0.454 e. The second kappa shape index (κ2) is 5.05. The first kappa shape index (κ1) is 17.4. The Morgan fingerprint density at radius 2 is 1.74 bits per heavy atom. The lowest BCUT2D eigenvalue weighted by atomic mass is 9.64. The lowest BCUT2D eigenvalue weighted by molar-refractivity contribution is -0.384. The van der Waals surface area contributed by atoms with Crippen molar-refractivity contribution in [1.29, 1.82) is 0 Å². The molecule has 1 amide bonds. The number of amides is 1. The van der Waals surface area contributed by atoms with Gasteiger partial charge in [0.25, 0.3) is 5.69 Å². The SMILES string of the molecule is CC12CCC(C(=O)Nc3cc4c(cc3[N+](=O)[O-])OCO4)(C(=O)C1=O)C2(C)C. The van der Waals surface area contributed by atoms with Crippen LogP contribution in [0.2, 0.25) is 0 Å². The summed E-state index contributed by atoms with van der Waals surface area (Å²) in [6, 6.07) is 2.47. The molecule has 0 aromatic heterocycles. The number of rotatable bonds is 3. The Morgan fingerprint density at radius 3 is 2.30 bits per heavy atom. The van der Waals surface area contributed by atoms with E-state index in [1.807, 2.05) is 0 Å². The van der Waals surface area contributed by atoms with Crippen molar-refractivity contribution in [3.63, 3.8) is 0 Å². The Labute approximate surface area is 154 Å². The molecule has 1 N–H and O–H groups in total. The van der Waals surface area contributed by atoms with Crippen LogP contribution >= 0.6 is 0 Å². The van der Waals surface area contributed by atoms with Crippen LogP contribution in [0.25, 0.3) is 0 Å². The monoisotopic (exact) mass is 374 g/mol. The van der Waals surface area contributed by atoms with E-state index in [2.05, 4.69) is 5.32 Å². The van der Waals surface area contributed by atoms with Gasteiger partial charge in [-0.2, -0.15) is 0 Å². The fourth-order valence-corrected chi connectivity index (χ4v) is 4.68. The highest BCUT2D eigenvalue weighted by molar-refractivity contribution is 6.49. The summed E-state index contributed by atoms with van der Waals surface area (Å²) >= 11 is 0. The molecule has 1 aromatic carbocycles. The smallest absolute Gasteiger partial charge is 0.296 e. The summed E-state index contributed by atoms with van der Waals surface area (Å²) in [6.07, 6.45) is 0.645. The lowest BCUT2D eigenvalue weighted by Gasteiger charge is -2.37. The normalized spacial score (nSPS) is 29.9. The van der Waals surface area contributed by atoms with E-state index in [0.717, 1.165) is 0 Å². The predicted octanol–water partition coefficient (Wildman–Crippen LogP) is 2.23. The topological polar surface area (TPSA) is 125 Å². The van der Waals surface area contributed by atoms with E-state index in [0.29, 0.717) is 6.42 Å². The molecule has 1 aliphatic heterocycles. The van der Waals surface area contributed by atoms with Crippen LogP contribution < -0.4 is 14.8 Å². The summed E-state index contributed by atoms with van der Waals surface area (Å²) < 4.78 is 10.4. The zero-order valence-electron chi connectivity index (χ0n) is 15.1. The van der Waals surface area contributed by atoms with Crippen molar-refractivity contribution in [2.75, 3.05) is 12.1 Å². The highest BCUT2D eigenvalue weighted by Crippen LogP contribution is 2.69. The van der Waals surface area contributed by atoms with Crippen molar-refractivity contribution in [3.8, 4) is 11.5 Å². The van der Waals surface area contributed by atoms with Gasteiger partial charge < -0.3 is 14.8 Å². The van der Waals surface area contributed by atoms with E-state index in [4.69, 9.17) is 9.47 Å². The maximum absolute atomic E-state index is 13.2. The molecule has 2 atom stereocenters. The first-order valence-corrected chi connectivity index (χ1v) is 8.55. The Hall–Kier alpha value is -2.97. The fraction of sp³-hybridized carbons (Fsp3) is 0.500. The third-order valence-corrected chi connectivity index (χ3v) is 6.86. The van der Waals surface area contributed by atoms with Gasteiger partial charge in [-0.15, -0.1) is 0 Å². The molecule has 2 unspecified atom stereocenters. The minimum atomic E-state index is -1.54. The fourth-order valence-electron chi connectivity index (χ4n) is 4.68. The molecule has 0 saturated heterocycles. The number of fused-ring (bicyclic) bond motifs is 3. The third kappa shape index (κ3) is 1.86. The Morgan fingerprint density at radius 1 is 1.11 bits per heavy atom. The van der Waals surface area contributed by atoms with Crippen LogP contribution in [0, 0.1) is 26.4 Å². The summed E-state index contributed by atoms with van der Waals surface area (Å²) in [4.78, 5) is 49.2. The Balaban J connectivity index is 1.77. The van der Waals surface area contributed by atoms with Gasteiger partial charge >= 0.3 is 0 Å². The molecule has 9 nitrogen and oxygen atoms in total. The highest BCUT2D eigenvalue weighted by atomic mass is 16.7. The Bertz CT molecular complexity index is 938. The Kier molecular flexibility index (Phi) is 3.26. The van der Waals surface area contributed by atoms with Crippen LogP contribution in [0.3, 0.4) is 0 Å². The molecule has 27 heavy (non-hydrogen) atoms. The number of anilines is 1. The summed E-state index contributed by atoms with van der Waals surface area (Å²) in [5.74, 6) is -1.50. The summed E-state index contributed by atoms with van der Waals surface area (Å²) in [6.45, 7) is 5.09. The van der Waals surface area contributed by atoms with Crippen LogP contribution in [0.1, 0.15) is 33.6 Å². The predicted molar refractivity (Wildman–Crippen MR) is 91.4 cm³/mol. The number of carbonyl (C=O) groups is 3. The van der Waals surface area contributed by atoms with Gasteiger partial charge in [0.1, 0.15) is 11.1 Å². The number of carbonyl (C=O) groups excluding carboxylic acids is 3. The summed E-state index contributed by atoms with van der Waals surface area (Å²) in [5, 5.41) is 13.9. The van der Waals surface area contributed by atoms with Crippen LogP contribution in [0.15, 0.2) is 12.1 Å². The van der Waals surface area contributed by atoms with Gasteiger partial charge in [0, 0.05) is 11.5 Å². The zero-order chi connectivity index (χ0) is 19.8. The van der Waals surface area contributed by atoms with Crippen molar-refractivity contribution in [2.24, 2.45) is 16.2 Å². The average Bonchev–Trinajstić information content (AvgIpc) is 3.16. The molecule has 3 aliphatic rings. The maximum atomic E-state index is 13.2. The van der Waals surface area contributed by atoms with E-state index < -0.39 is 38.6 Å². The number of nitro benzene ring substituents is 1. The van der Waals surface area contributed by atoms with E-state index in [-0.39, 0.29) is 36.1 Å². The number of nitrogens with zero attached hydrogens (tertiary/aromatic N) is 1. The standard InChI is InChI=1S/C18H18N2O7/c1-16(2)17(3)4-5-18(16,14(22)13(17)21)15(23)19-9-6-11-12(27-8-26-11)7-10(9)20(24)25/h6-7H,4-5,8H2,1-3H3,(H,19,23). The number of nitro groups is 1. The number of hydrogen-bond donors (Lipinski definition) is 1. The van der Waals surface area contributed by atoms with Crippen molar-refractivity contribution < 1.29 is 28.8 Å². The van der Waals surface area contributed by atoms with Crippen LogP contribution in [0.4, 0.5) is 11.4 Å². The number of benzene rings is 1. The second-order valence-corrected chi connectivity index (χ2v) is 7.95. The zero-order valence-corrected chi connectivity index (χ0v) is 15.1. The molecule has 1 aromatic rings. The lowest BCUT2D eigenvalue weighted by Crippen LogP contribution is -2.47. The van der Waals surface area contributed by atoms with E-state index in [1.54, 1.807) is 20.8 Å². The quantitative estimate of drug-likeness (QED) is 0.372. The second-order valence-electron chi connectivity index (χ2n) is 7.95. The molecule has 2 saturated carbocycles. The molecular formula is C18H18N2O7. The number of ketones is 2. The molecular weight excluding hydrogens is 356 g/mol. The van der Waals surface area contributed by atoms with Gasteiger partial charge in [-0.1, -0.05) is 20.8 Å². The molecule has 2 aliphatic carbocycles. The molecule has 1 heterocycles. The van der Waals surface area contributed by atoms with Gasteiger partial charge in [0.15, 0.2) is 11.5 Å². The first-order chi connectivity index (χ1) is 12.6. The average molecular weight is 374 g/mol. The molecule has 0 radical (unpaired) electrons. The van der Waals surface area contributed by atoms with Gasteiger partial charge in [0.05, 0.1) is 11.0 Å². The van der Waals surface area contributed by atoms with Gasteiger partial charge in [-0.3, -0.25) is 24.5 Å². The minimum absolute atomic E-state index is 0.0772. The van der Waals surface area contributed by atoms with Crippen LogP contribution in [0.5, 0.6) is 11.5 Å². The van der Waals surface area contributed by atoms with E-state index in [9.17, 15) is 24.5 Å².